The first-order chi connectivity index (χ1) is 8.61. The number of nitrogens with zero attached hydrogens (tertiary/aromatic N) is 2. The van der Waals surface area contributed by atoms with E-state index in [0.717, 1.165) is 17.2 Å². The fourth-order valence-electron chi connectivity index (χ4n) is 1.54. The average Bonchev–Trinajstić information content (AvgIpc) is 2.81. The maximum Gasteiger partial charge on any atom is 0.224 e. The van der Waals surface area contributed by atoms with Gasteiger partial charge in [0.15, 0.2) is 0 Å². The lowest BCUT2D eigenvalue weighted by Gasteiger charge is -2.10. The number of rotatable bonds is 4. The van der Waals surface area contributed by atoms with Gasteiger partial charge in [0.2, 0.25) is 5.91 Å². The second-order valence-corrected chi connectivity index (χ2v) is 5.08. The first kappa shape index (κ1) is 13.2. The summed E-state index contributed by atoms with van der Waals surface area (Å²) in [6, 6.07) is 3.48. The largest absolute Gasteiger partial charge is 0.330 e. The van der Waals surface area contributed by atoms with E-state index in [0.29, 0.717) is 29.2 Å². The van der Waals surface area contributed by atoms with E-state index in [9.17, 15) is 4.79 Å². The molecule has 7 heteroatoms. The fraction of sp³-hybridized carbons (Fsp3) is 0.364. The van der Waals surface area contributed by atoms with Crippen molar-refractivity contribution >= 4 is 46.0 Å². The molecule has 18 heavy (non-hydrogen) atoms. The molecule has 0 saturated heterocycles. The van der Waals surface area contributed by atoms with E-state index in [1.54, 1.807) is 12.1 Å². The summed E-state index contributed by atoms with van der Waals surface area (Å²) in [5.74, 6) is 0.0203. The molecular weight excluding hydrogens is 272 g/mol. The molecule has 0 saturated carbocycles. The van der Waals surface area contributed by atoms with Gasteiger partial charge in [0, 0.05) is 6.42 Å². The Labute approximate surface area is 114 Å². The molecule has 0 fully saturated rings. The minimum atomic E-state index is -0.115. The van der Waals surface area contributed by atoms with Gasteiger partial charge in [0.05, 0.1) is 22.4 Å². The number of carbonyl (C=O) groups is 1. The smallest absolute Gasteiger partial charge is 0.224 e. The van der Waals surface area contributed by atoms with Gasteiger partial charge in [0.1, 0.15) is 11.0 Å². The van der Waals surface area contributed by atoms with Gasteiger partial charge < -0.3 is 11.1 Å². The van der Waals surface area contributed by atoms with Crippen LogP contribution < -0.4 is 11.1 Å². The molecule has 0 radical (unpaired) electrons. The number of nitrogens with one attached hydrogen (secondary N) is 1. The van der Waals surface area contributed by atoms with Crippen LogP contribution in [0.2, 0.25) is 5.02 Å². The Morgan fingerprint density at radius 1 is 1.56 bits per heavy atom. The number of anilines is 1. The number of hydrogen-bond acceptors (Lipinski definition) is 5. The third kappa shape index (κ3) is 2.77. The quantitative estimate of drug-likeness (QED) is 0.902. The molecule has 0 bridgehead atoms. The van der Waals surface area contributed by atoms with Crippen LogP contribution in [0.1, 0.15) is 13.3 Å². The van der Waals surface area contributed by atoms with Gasteiger partial charge in [-0.3, -0.25) is 4.79 Å². The second kappa shape index (κ2) is 5.60. The molecular formula is C11H13ClN4OS. The van der Waals surface area contributed by atoms with Crippen LogP contribution in [0.3, 0.4) is 0 Å². The molecule has 2 rings (SSSR count). The molecule has 1 unspecified atom stereocenters. The molecule has 3 N–H and O–H groups in total. The molecule has 0 spiro atoms. The van der Waals surface area contributed by atoms with Crippen molar-refractivity contribution in [1.29, 1.82) is 0 Å². The van der Waals surface area contributed by atoms with E-state index in [2.05, 4.69) is 14.1 Å². The van der Waals surface area contributed by atoms with Crippen molar-refractivity contribution in [3.8, 4) is 0 Å². The number of amides is 1. The van der Waals surface area contributed by atoms with Gasteiger partial charge in [-0.25, -0.2) is 0 Å². The average molecular weight is 285 g/mol. The predicted molar refractivity (Wildman–Crippen MR) is 73.9 cm³/mol. The zero-order valence-electron chi connectivity index (χ0n) is 9.81. The molecule has 96 valence electrons. The highest BCUT2D eigenvalue weighted by Gasteiger charge is 2.14. The molecule has 5 nitrogen and oxygen atoms in total. The first-order valence-electron chi connectivity index (χ1n) is 5.52. The summed E-state index contributed by atoms with van der Waals surface area (Å²) in [6.07, 6.45) is 0.362. The monoisotopic (exact) mass is 284 g/mol. The molecule has 0 aliphatic carbocycles. The van der Waals surface area contributed by atoms with Crippen molar-refractivity contribution in [2.75, 3.05) is 11.9 Å². The Balaban J connectivity index is 2.23. The van der Waals surface area contributed by atoms with E-state index < -0.39 is 0 Å². The van der Waals surface area contributed by atoms with Gasteiger partial charge in [-0.2, -0.15) is 8.75 Å². The zero-order chi connectivity index (χ0) is 13.1. The Morgan fingerprint density at radius 2 is 2.33 bits per heavy atom. The van der Waals surface area contributed by atoms with Crippen molar-refractivity contribution in [2.24, 2.45) is 11.7 Å². The Bertz CT molecular complexity index is 571. The van der Waals surface area contributed by atoms with E-state index in [-0.39, 0.29) is 11.8 Å². The van der Waals surface area contributed by atoms with Gasteiger partial charge in [-0.15, -0.1) is 0 Å². The van der Waals surface area contributed by atoms with Crippen LogP contribution >= 0.6 is 23.3 Å². The topological polar surface area (TPSA) is 80.9 Å². The number of fused-ring (bicyclic) bond motifs is 1. The van der Waals surface area contributed by atoms with E-state index in [1.165, 1.54) is 0 Å². The van der Waals surface area contributed by atoms with Crippen LogP contribution in [0.25, 0.3) is 11.0 Å². The molecule has 1 heterocycles. The summed E-state index contributed by atoms with van der Waals surface area (Å²) in [7, 11) is 0. The summed E-state index contributed by atoms with van der Waals surface area (Å²) in [6.45, 7) is 2.40. The van der Waals surface area contributed by atoms with Crippen molar-refractivity contribution < 1.29 is 4.79 Å². The normalized spacial score (nSPS) is 12.6. The van der Waals surface area contributed by atoms with E-state index in [1.807, 2.05) is 6.92 Å². The van der Waals surface area contributed by atoms with Gasteiger partial charge in [-0.1, -0.05) is 18.5 Å². The lowest BCUT2D eigenvalue weighted by Crippen LogP contribution is -2.20. The lowest BCUT2D eigenvalue weighted by atomic mass is 10.1. The van der Waals surface area contributed by atoms with Gasteiger partial charge in [0.25, 0.3) is 0 Å². The maximum atomic E-state index is 11.8. The molecule has 1 atom stereocenters. The minimum absolute atomic E-state index is 0.115. The number of halogens is 1. The summed E-state index contributed by atoms with van der Waals surface area (Å²) >= 11 is 7.16. The van der Waals surface area contributed by atoms with Crippen molar-refractivity contribution in [3.05, 3.63) is 17.2 Å². The second-order valence-electron chi connectivity index (χ2n) is 4.15. The van der Waals surface area contributed by atoms with Crippen molar-refractivity contribution in [1.82, 2.24) is 8.75 Å². The SMILES string of the molecule is CC(CN)CC(=O)Nc1c(Cl)ccc2nsnc12. The summed E-state index contributed by atoms with van der Waals surface area (Å²) in [4.78, 5) is 11.8. The Hall–Kier alpha value is -1.24. The van der Waals surface area contributed by atoms with Crippen LogP contribution in [-0.4, -0.2) is 21.2 Å². The van der Waals surface area contributed by atoms with Crippen LogP contribution in [0, 0.1) is 5.92 Å². The molecule has 1 amide bonds. The summed E-state index contributed by atoms with van der Waals surface area (Å²) < 4.78 is 8.24. The Kier molecular flexibility index (Phi) is 4.11. The highest BCUT2D eigenvalue weighted by molar-refractivity contribution is 7.00. The molecule has 1 aromatic carbocycles. The van der Waals surface area contributed by atoms with Crippen LogP contribution in [0.5, 0.6) is 0 Å². The first-order valence-corrected chi connectivity index (χ1v) is 6.63. The summed E-state index contributed by atoms with van der Waals surface area (Å²) in [5.41, 5.74) is 7.37. The van der Waals surface area contributed by atoms with Gasteiger partial charge in [-0.05, 0) is 24.6 Å². The highest BCUT2D eigenvalue weighted by atomic mass is 35.5. The number of benzene rings is 1. The third-order valence-electron chi connectivity index (χ3n) is 2.58. The van der Waals surface area contributed by atoms with Crippen molar-refractivity contribution in [3.63, 3.8) is 0 Å². The van der Waals surface area contributed by atoms with Crippen LogP contribution in [0.4, 0.5) is 5.69 Å². The van der Waals surface area contributed by atoms with E-state index >= 15 is 0 Å². The number of nitrogens with two attached hydrogens (primary N) is 1. The van der Waals surface area contributed by atoms with Crippen LogP contribution in [0.15, 0.2) is 12.1 Å². The predicted octanol–water partition coefficient (Wildman–Crippen LogP) is 2.27. The van der Waals surface area contributed by atoms with Crippen LogP contribution in [-0.2, 0) is 4.79 Å². The van der Waals surface area contributed by atoms with Gasteiger partial charge >= 0.3 is 0 Å². The van der Waals surface area contributed by atoms with Crippen molar-refractivity contribution in [2.45, 2.75) is 13.3 Å². The highest BCUT2D eigenvalue weighted by Crippen LogP contribution is 2.30. The maximum absolute atomic E-state index is 11.8. The number of aromatic nitrogens is 2. The number of hydrogen-bond donors (Lipinski definition) is 2. The summed E-state index contributed by atoms with van der Waals surface area (Å²) in [5, 5.41) is 3.24. The number of carbonyl (C=O) groups excluding carboxylic acids is 1. The zero-order valence-corrected chi connectivity index (χ0v) is 11.4. The standard InChI is InChI=1S/C11H13ClN4OS/c1-6(5-13)4-9(17)14-10-7(12)2-3-8-11(10)16-18-15-8/h2-3,6H,4-5,13H2,1H3,(H,14,17). The third-order valence-corrected chi connectivity index (χ3v) is 3.44. The lowest BCUT2D eigenvalue weighted by molar-refractivity contribution is -0.116. The molecule has 1 aromatic heterocycles. The fourth-order valence-corrected chi connectivity index (χ4v) is 2.28. The van der Waals surface area contributed by atoms with E-state index in [4.69, 9.17) is 17.3 Å². The molecule has 0 aliphatic heterocycles. The molecule has 2 aromatic rings. The minimum Gasteiger partial charge on any atom is -0.330 e. The Morgan fingerprint density at radius 3 is 3.06 bits per heavy atom. The molecule has 0 aliphatic rings.